The molecule has 0 amide bonds. The smallest absolute Gasteiger partial charge is 0.356 e. The van der Waals surface area contributed by atoms with Gasteiger partial charge in [-0.2, -0.15) is 0 Å². The summed E-state index contributed by atoms with van der Waals surface area (Å²) in [5, 5.41) is 9.29. The van der Waals surface area contributed by atoms with Crippen LogP contribution in [0.25, 0.3) is 0 Å². The zero-order chi connectivity index (χ0) is 14.4. The number of carboxylic acid groups (broad SMARTS) is 1. The SMILES string of the molecule is C#CCN(CCC)c1cnc(C(C)C)nc1C(=O)O. The molecule has 0 aliphatic carbocycles. The molecule has 1 rings (SSSR count). The fraction of sp³-hybridized carbons (Fsp3) is 0.500. The van der Waals surface area contributed by atoms with Crippen LogP contribution in [-0.2, 0) is 0 Å². The molecule has 1 heterocycles. The van der Waals surface area contributed by atoms with E-state index in [0.29, 0.717) is 24.6 Å². The minimum absolute atomic E-state index is 0.0161. The van der Waals surface area contributed by atoms with Crippen LogP contribution in [0.4, 0.5) is 5.69 Å². The fourth-order valence-corrected chi connectivity index (χ4v) is 1.72. The van der Waals surface area contributed by atoms with Crippen LogP contribution in [0.15, 0.2) is 6.20 Å². The summed E-state index contributed by atoms with van der Waals surface area (Å²) >= 11 is 0. The Hall–Kier alpha value is -2.09. The standard InChI is InChI=1S/C14H19N3O2/c1-5-7-17(8-6-2)11-9-15-13(10(3)4)16-12(11)14(18)19/h1,9-10H,6-8H2,2-4H3,(H,18,19). The normalized spacial score (nSPS) is 10.3. The van der Waals surface area contributed by atoms with E-state index in [-0.39, 0.29) is 11.6 Å². The van der Waals surface area contributed by atoms with Crippen molar-refractivity contribution in [3.05, 3.63) is 17.7 Å². The van der Waals surface area contributed by atoms with Crippen molar-refractivity contribution in [1.29, 1.82) is 0 Å². The molecule has 0 radical (unpaired) electrons. The van der Waals surface area contributed by atoms with Crippen molar-refractivity contribution in [3.8, 4) is 12.3 Å². The summed E-state index contributed by atoms with van der Waals surface area (Å²) in [5.41, 5.74) is 0.499. The molecule has 0 atom stereocenters. The topological polar surface area (TPSA) is 66.3 Å². The van der Waals surface area contributed by atoms with Gasteiger partial charge in [-0.15, -0.1) is 6.42 Å². The number of carbonyl (C=O) groups is 1. The molecule has 0 unspecified atom stereocenters. The van der Waals surface area contributed by atoms with Gasteiger partial charge in [0.15, 0.2) is 5.69 Å². The van der Waals surface area contributed by atoms with Gasteiger partial charge in [-0.25, -0.2) is 14.8 Å². The quantitative estimate of drug-likeness (QED) is 0.795. The summed E-state index contributed by atoms with van der Waals surface area (Å²) in [4.78, 5) is 21.5. The molecule has 1 aromatic rings. The van der Waals surface area contributed by atoms with Crippen molar-refractivity contribution in [2.75, 3.05) is 18.0 Å². The van der Waals surface area contributed by atoms with Crippen molar-refractivity contribution in [2.24, 2.45) is 0 Å². The van der Waals surface area contributed by atoms with E-state index in [2.05, 4.69) is 15.9 Å². The first-order chi connectivity index (χ1) is 9.01. The van der Waals surface area contributed by atoms with Crippen LogP contribution < -0.4 is 4.90 Å². The molecular weight excluding hydrogens is 242 g/mol. The van der Waals surface area contributed by atoms with Crippen molar-refractivity contribution in [1.82, 2.24) is 9.97 Å². The Balaban J connectivity index is 3.25. The number of hydrogen-bond donors (Lipinski definition) is 1. The number of rotatable bonds is 6. The van der Waals surface area contributed by atoms with E-state index in [1.54, 1.807) is 6.20 Å². The summed E-state index contributed by atoms with van der Waals surface area (Å²) in [6.07, 6.45) is 7.74. The van der Waals surface area contributed by atoms with E-state index in [4.69, 9.17) is 6.42 Å². The number of terminal acetylenes is 1. The Morgan fingerprint density at radius 2 is 2.26 bits per heavy atom. The molecule has 0 aliphatic rings. The molecule has 0 aromatic carbocycles. The Bertz CT molecular complexity index is 492. The summed E-state index contributed by atoms with van der Waals surface area (Å²) in [6.45, 7) is 6.87. The maximum absolute atomic E-state index is 11.3. The molecule has 0 aliphatic heterocycles. The minimum Gasteiger partial charge on any atom is -0.476 e. The predicted molar refractivity (Wildman–Crippen MR) is 74.4 cm³/mol. The third kappa shape index (κ3) is 3.68. The van der Waals surface area contributed by atoms with Crippen LogP contribution in [0, 0.1) is 12.3 Å². The second-order valence-electron chi connectivity index (χ2n) is 4.55. The highest BCUT2D eigenvalue weighted by Crippen LogP contribution is 2.20. The Morgan fingerprint density at radius 3 is 2.74 bits per heavy atom. The lowest BCUT2D eigenvalue weighted by molar-refractivity contribution is 0.0690. The highest BCUT2D eigenvalue weighted by Gasteiger charge is 2.19. The second kappa shape index (κ2) is 6.74. The predicted octanol–water partition coefficient (Wildman–Crippen LogP) is 2.15. The van der Waals surface area contributed by atoms with Crippen LogP contribution in [0.2, 0.25) is 0 Å². The van der Waals surface area contributed by atoms with Gasteiger partial charge < -0.3 is 10.0 Å². The van der Waals surface area contributed by atoms with Gasteiger partial charge in [-0.1, -0.05) is 26.7 Å². The van der Waals surface area contributed by atoms with Crippen molar-refractivity contribution < 1.29 is 9.90 Å². The molecule has 0 saturated heterocycles. The largest absolute Gasteiger partial charge is 0.476 e. The Morgan fingerprint density at radius 1 is 1.58 bits per heavy atom. The summed E-state index contributed by atoms with van der Waals surface area (Å²) in [6, 6.07) is 0. The summed E-state index contributed by atoms with van der Waals surface area (Å²) in [5.74, 6) is 2.08. The number of aromatic nitrogens is 2. The highest BCUT2D eigenvalue weighted by atomic mass is 16.4. The lowest BCUT2D eigenvalue weighted by Crippen LogP contribution is -2.27. The monoisotopic (exact) mass is 261 g/mol. The molecule has 0 saturated carbocycles. The fourth-order valence-electron chi connectivity index (χ4n) is 1.72. The molecule has 19 heavy (non-hydrogen) atoms. The van der Waals surface area contributed by atoms with Crippen LogP contribution in [0.5, 0.6) is 0 Å². The molecule has 0 spiro atoms. The zero-order valence-corrected chi connectivity index (χ0v) is 11.6. The number of carboxylic acids is 1. The van der Waals surface area contributed by atoms with Gasteiger partial charge in [-0.3, -0.25) is 0 Å². The number of aromatic carboxylic acids is 1. The van der Waals surface area contributed by atoms with E-state index in [1.807, 2.05) is 25.7 Å². The first-order valence-electron chi connectivity index (χ1n) is 6.29. The second-order valence-corrected chi connectivity index (χ2v) is 4.55. The summed E-state index contributed by atoms with van der Waals surface area (Å²) < 4.78 is 0. The van der Waals surface area contributed by atoms with Gasteiger partial charge in [0.1, 0.15) is 5.82 Å². The molecule has 0 fully saturated rings. The van der Waals surface area contributed by atoms with E-state index in [1.165, 1.54) is 0 Å². The molecule has 5 nitrogen and oxygen atoms in total. The number of anilines is 1. The van der Waals surface area contributed by atoms with E-state index in [9.17, 15) is 9.90 Å². The van der Waals surface area contributed by atoms with Gasteiger partial charge in [-0.05, 0) is 6.42 Å². The van der Waals surface area contributed by atoms with Crippen LogP contribution >= 0.6 is 0 Å². The molecule has 1 aromatic heterocycles. The van der Waals surface area contributed by atoms with Crippen LogP contribution in [-0.4, -0.2) is 34.1 Å². The molecule has 1 N–H and O–H groups in total. The average molecular weight is 261 g/mol. The van der Waals surface area contributed by atoms with Crippen molar-refractivity contribution >= 4 is 11.7 Å². The Labute approximate surface area is 113 Å². The molecule has 102 valence electrons. The Kier molecular flexibility index (Phi) is 5.31. The van der Waals surface area contributed by atoms with E-state index < -0.39 is 5.97 Å². The van der Waals surface area contributed by atoms with Crippen LogP contribution in [0.1, 0.15) is 49.4 Å². The van der Waals surface area contributed by atoms with Gasteiger partial charge in [0, 0.05) is 12.5 Å². The van der Waals surface area contributed by atoms with Crippen molar-refractivity contribution in [3.63, 3.8) is 0 Å². The third-order valence-corrected chi connectivity index (χ3v) is 2.62. The molecule has 0 bridgehead atoms. The molecular formula is C14H19N3O2. The van der Waals surface area contributed by atoms with Crippen molar-refractivity contribution in [2.45, 2.75) is 33.1 Å². The first-order valence-corrected chi connectivity index (χ1v) is 6.29. The average Bonchev–Trinajstić information content (AvgIpc) is 2.37. The lowest BCUT2D eigenvalue weighted by Gasteiger charge is -2.23. The van der Waals surface area contributed by atoms with Gasteiger partial charge in [0.25, 0.3) is 0 Å². The van der Waals surface area contributed by atoms with Gasteiger partial charge in [0.05, 0.1) is 18.4 Å². The van der Waals surface area contributed by atoms with Crippen LogP contribution in [0.3, 0.4) is 0 Å². The van der Waals surface area contributed by atoms with E-state index >= 15 is 0 Å². The summed E-state index contributed by atoms with van der Waals surface area (Å²) in [7, 11) is 0. The minimum atomic E-state index is -1.06. The highest BCUT2D eigenvalue weighted by molar-refractivity contribution is 5.92. The maximum atomic E-state index is 11.3. The van der Waals surface area contributed by atoms with Gasteiger partial charge >= 0.3 is 5.97 Å². The first kappa shape index (κ1) is 15.0. The zero-order valence-electron chi connectivity index (χ0n) is 11.6. The molecule has 5 heteroatoms. The number of nitrogens with zero attached hydrogens (tertiary/aromatic N) is 3. The lowest BCUT2D eigenvalue weighted by atomic mass is 10.2. The maximum Gasteiger partial charge on any atom is 0.356 e. The van der Waals surface area contributed by atoms with Gasteiger partial charge in [0.2, 0.25) is 0 Å². The van der Waals surface area contributed by atoms with E-state index in [0.717, 1.165) is 6.42 Å². The number of hydrogen-bond acceptors (Lipinski definition) is 4. The third-order valence-electron chi connectivity index (χ3n) is 2.62.